The topological polar surface area (TPSA) is 43.4 Å². The van der Waals surface area contributed by atoms with E-state index in [9.17, 15) is 8.42 Å². The highest BCUT2D eigenvalue weighted by Gasteiger charge is 1.94. The van der Waals surface area contributed by atoms with Gasteiger partial charge >= 0.3 is 0 Å². The summed E-state index contributed by atoms with van der Waals surface area (Å²) in [6.45, 7) is 1.85. The number of hydrogen-bond donors (Lipinski definition) is 0. The third-order valence-corrected chi connectivity index (χ3v) is 0.996. The molecule has 0 heterocycles. The van der Waals surface area contributed by atoms with Gasteiger partial charge in [-0.15, -0.1) is 12.4 Å². The zero-order valence-corrected chi connectivity index (χ0v) is 6.38. The quantitative estimate of drug-likeness (QED) is 0.550. The predicted octanol–water partition coefficient (Wildman–Crippen LogP) is 0.404. The lowest BCUT2D eigenvalue weighted by Crippen LogP contribution is -2.00. The van der Waals surface area contributed by atoms with E-state index in [0.29, 0.717) is 0 Å². The fourth-order valence-electron chi connectivity index (χ4n) is 0.214. The first kappa shape index (κ1) is 11.1. The summed E-state index contributed by atoms with van der Waals surface area (Å²) >= 11 is 0. The molecule has 0 radical (unpaired) electrons. The first-order valence-corrected chi connectivity index (χ1v) is 3.72. The fraction of sp³-hybridized carbons (Fsp3) is 1.00. The zero-order chi connectivity index (χ0) is 5.91. The van der Waals surface area contributed by atoms with Gasteiger partial charge in [-0.25, -0.2) is 0 Å². The SMILES string of the molecule is CCOS(C)(=O)=O.Cl. The van der Waals surface area contributed by atoms with Gasteiger partial charge in [0.15, 0.2) is 0 Å². The molecule has 0 saturated heterocycles. The molecule has 0 aromatic heterocycles. The van der Waals surface area contributed by atoms with Crippen molar-refractivity contribution in [2.75, 3.05) is 12.9 Å². The van der Waals surface area contributed by atoms with Crippen molar-refractivity contribution in [3.63, 3.8) is 0 Å². The van der Waals surface area contributed by atoms with Crippen LogP contribution in [0.1, 0.15) is 6.92 Å². The zero-order valence-electron chi connectivity index (χ0n) is 4.75. The van der Waals surface area contributed by atoms with Gasteiger partial charge in [0.1, 0.15) is 0 Å². The molecule has 0 spiro atoms. The van der Waals surface area contributed by atoms with Crippen molar-refractivity contribution in [3.8, 4) is 0 Å². The van der Waals surface area contributed by atoms with E-state index in [2.05, 4.69) is 4.18 Å². The van der Waals surface area contributed by atoms with Gasteiger partial charge in [0, 0.05) is 0 Å². The van der Waals surface area contributed by atoms with Gasteiger partial charge in [0.25, 0.3) is 10.1 Å². The maximum atomic E-state index is 10.0. The average molecular weight is 161 g/mol. The summed E-state index contributed by atoms with van der Waals surface area (Å²) in [5, 5.41) is 0. The van der Waals surface area contributed by atoms with Crippen LogP contribution in [0.5, 0.6) is 0 Å². The Bertz CT molecular complexity index is 127. The third-order valence-electron chi connectivity index (χ3n) is 0.332. The van der Waals surface area contributed by atoms with Gasteiger partial charge < -0.3 is 0 Å². The Morgan fingerprint density at radius 3 is 1.88 bits per heavy atom. The molecule has 0 unspecified atom stereocenters. The monoisotopic (exact) mass is 160 g/mol. The van der Waals surface area contributed by atoms with Crippen LogP contribution in [0.25, 0.3) is 0 Å². The van der Waals surface area contributed by atoms with Crippen molar-refractivity contribution in [2.24, 2.45) is 0 Å². The average Bonchev–Trinajstić information content (AvgIpc) is 1.30. The van der Waals surface area contributed by atoms with E-state index in [1.807, 2.05) is 0 Å². The Kier molecular flexibility index (Phi) is 5.69. The molecule has 0 aliphatic rings. The summed E-state index contributed by atoms with van der Waals surface area (Å²) in [7, 11) is -3.17. The van der Waals surface area contributed by atoms with Crippen LogP contribution in [-0.2, 0) is 14.3 Å². The van der Waals surface area contributed by atoms with Crippen molar-refractivity contribution < 1.29 is 12.6 Å². The molecule has 0 amide bonds. The van der Waals surface area contributed by atoms with Crippen LogP contribution < -0.4 is 0 Å². The van der Waals surface area contributed by atoms with Gasteiger partial charge in [0.2, 0.25) is 0 Å². The van der Waals surface area contributed by atoms with E-state index >= 15 is 0 Å². The molecular formula is C3H9ClO3S. The summed E-state index contributed by atoms with van der Waals surface area (Å²) in [5.74, 6) is 0. The second-order valence-corrected chi connectivity index (χ2v) is 2.75. The second kappa shape index (κ2) is 4.12. The molecule has 0 aliphatic heterocycles. The molecule has 0 aromatic carbocycles. The highest BCUT2D eigenvalue weighted by Crippen LogP contribution is 1.81. The van der Waals surface area contributed by atoms with Crippen molar-refractivity contribution in [1.82, 2.24) is 0 Å². The molecule has 0 N–H and O–H groups in total. The summed E-state index contributed by atoms with van der Waals surface area (Å²) in [5.41, 5.74) is 0. The lowest BCUT2D eigenvalue weighted by molar-refractivity contribution is 0.342. The maximum absolute atomic E-state index is 10.0. The lowest BCUT2D eigenvalue weighted by Gasteiger charge is -1.90. The van der Waals surface area contributed by atoms with Crippen LogP contribution >= 0.6 is 12.4 Å². The Morgan fingerprint density at radius 2 is 1.88 bits per heavy atom. The van der Waals surface area contributed by atoms with E-state index in [0.717, 1.165) is 6.26 Å². The van der Waals surface area contributed by atoms with E-state index in [1.165, 1.54) is 0 Å². The van der Waals surface area contributed by atoms with Crippen LogP contribution in [0.2, 0.25) is 0 Å². The molecular weight excluding hydrogens is 152 g/mol. The molecule has 3 nitrogen and oxygen atoms in total. The Balaban J connectivity index is 0. The molecule has 0 aromatic rings. The Hall–Kier alpha value is 0.200. The number of rotatable bonds is 2. The van der Waals surface area contributed by atoms with Gasteiger partial charge in [0.05, 0.1) is 12.9 Å². The predicted molar refractivity (Wildman–Crippen MR) is 33.7 cm³/mol. The summed E-state index contributed by atoms with van der Waals surface area (Å²) in [6, 6.07) is 0. The Labute approximate surface area is 55.6 Å². The minimum absolute atomic E-state index is 0. The van der Waals surface area contributed by atoms with E-state index in [-0.39, 0.29) is 19.0 Å². The molecule has 0 aliphatic carbocycles. The fourth-order valence-corrected chi connectivity index (χ4v) is 0.642. The van der Waals surface area contributed by atoms with E-state index in [4.69, 9.17) is 0 Å². The maximum Gasteiger partial charge on any atom is 0.264 e. The summed E-state index contributed by atoms with van der Waals surface area (Å²) in [6.07, 6.45) is 1.02. The normalized spacial score (nSPS) is 10.2. The van der Waals surface area contributed by atoms with Gasteiger partial charge in [-0.05, 0) is 6.92 Å². The van der Waals surface area contributed by atoms with Crippen LogP contribution in [0, 0.1) is 0 Å². The van der Waals surface area contributed by atoms with Crippen molar-refractivity contribution in [3.05, 3.63) is 0 Å². The summed E-state index contributed by atoms with van der Waals surface area (Å²) in [4.78, 5) is 0. The van der Waals surface area contributed by atoms with Crippen molar-refractivity contribution in [2.45, 2.75) is 6.92 Å². The van der Waals surface area contributed by atoms with Gasteiger partial charge in [-0.1, -0.05) is 0 Å². The highest BCUT2D eigenvalue weighted by molar-refractivity contribution is 7.85. The smallest absolute Gasteiger partial charge is 0.264 e. The molecule has 52 valence electrons. The molecule has 0 rings (SSSR count). The number of halogens is 1. The van der Waals surface area contributed by atoms with E-state index < -0.39 is 10.1 Å². The minimum Gasteiger partial charge on any atom is -0.271 e. The van der Waals surface area contributed by atoms with Crippen molar-refractivity contribution >= 4 is 22.5 Å². The second-order valence-electron chi connectivity index (χ2n) is 1.11. The molecule has 5 heteroatoms. The van der Waals surface area contributed by atoms with Crippen LogP contribution in [0.3, 0.4) is 0 Å². The van der Waals surface area contributed by atoms with Crippen LogP contribution in [0.4, 0.5) is 0 Å². The molecule has 0 atom stereocenters. The molecule has 0 saturated carbocycles. The molecule has 0 bridgehead atoms. The van der Waals surface area contributed by atoms with Crippen LogP contribution in [0.15, 0.2) is 0 Å². The largest absolute Gasteiger partial charge is 0.271 e. The van der Waals surface area contributed by atoms with Gasteiger partial charge in [-0.3, -0.25) is 4.18 Å². The number of hydrogen-bond acceptors (Lipinski definition) is 3. The summed E-state index contributed by atoms with van der Waals surface area (Å²) < 4.78 is 24.2. The molecule has 0 fully saturated rings. The standard InChI is InChI=1S/C3H8O3S.ClH/c1-3-6-7(2,4)5;/h3H2,1-2H3;1H. The van der Waals surface area contributed by atoms with E-state index in [1.54, 1.807) is 6.92 Å². The molecule has 8 heavy (non-hydrogen) atoms. The first-order chi connectivity index (χ1) is 3.06. The minimum atomic E-state index is -3.17. The van der Waals surface area contributed by atoms with Crippen LogP contribution in [-0.4, -0.2) is 21.3 Å². The Morgan fingerprint density at radius 1 is 1.50 bits per heavy atom. The highest BCUT2D eigenvalue weighted by atomic mass is 35.5. The van der Waals surface area contributed by atoms with Crippen molar-refractivity contribution in [1.29, 1.82) is 0 Å². The first-order valence-electron chi connectivity index (χ1n) is 1.90. The van der Waals surface area contributed by atoms with Gasteiger partial charge in [-0.2, -0.15) is 8.42 Å². The third kappa shape index (κ3) is 9.50. The lowest BCUT2D eigenvalue weighted by atomic mass is 10.9.